The third-order valence-corrected chi connectivity index (χ3v) is 2.47. The zero-order valence-corrected chi connectivity index (χ0v) is 8.55. The second-order valence-corrected chi connectivity index (χ2v) is 3.58. The van der Waals surface area contributed by atoms with E-state index >= 15 is 0 Å². The van der Waals surface area contributed by atoms with Gasteiger partial charge < -0.3 is 15.1 Å². The van der Waals surface area contributed by atoms with E-state index in [4.69, 9.17) is 4.74 Å². The van der Waals surface area contributed by atoms with Gasteiger partial charge in [-0.05, 0) is 27.5 Å². The monoisotopic (exact) mass is 196 g/mol. The van der Waals surface area contributed by atoms with Crippen LogP contribution in [0.5, 0.6) is 5.75 Å². The van der Waals surface area contributed by atoms with E-state index in [0.717, 1.165) is 30.3 Å². The molecular weight excluding hydrogens is 183 g/mol. The molecule has 0 aliphatic carbocycles. The number of fused-ring (bicyclic) bond motifs is 1. The molecule has 1 unspecified atom stereocenters. The largest absolute Gasteiger partial charge is 0.490 e. The van der Waals surface area contributed by atoms with Crippen molar-refractivity contribution in [2.45, 2.75) is 0 Å². The first-order valence-electron chi connectivity index (χ1n) is 4.34. The summed E-state index contributed by atoms with van der Waals surface area (Å²) in [6, 6.07) is 6.07. The van der Waals surface area contributed by atoms with Crippen LogP contribution in [0.25, 0.3) is 0 Å². The lowest BCUT2D eigenvalue weighted by Gasteiger charge is -2.21. The molecule has 1 aromatic carbocycles. The Kier molecular flexibility index (Phi) is 2.55. The number of benzene rings is 1. The summed E-state index contributed by atoms with van der Waals surface area (Å²) in [6.07, 6.45) is 0. The van der Waals surface area contributed by atoms with Crippen LogP contribution in [0.2, 0.25) is 0 Å². The zero-order valence-electron chi connectivity index (χ0n) is 7.55. The maximum absolute atomic E-state index is 5.51. The van der Waals surface area contributed by atoms with E-state index in [2.05, 4.69) is 23.1 Å². The minimum atomic E-state index is 0.711. The van der Waals surface area contributed by atoms with Crippen molar-refractivity contribution in [1.29, 1.82) is 0 Å². The van der Waals surface area contributed by atoms with Gasteiger partial charge in [-0.15, -0.1) is 0 Å². The van der Waals surface area contributed by atoms with E-state index in [1.807, 2.05) is 12.1 Å². The molecule has 0 spiro atoms. The molecule has 1 aliphatic heterocycles. The Balaban J connectivity index is 2.34. The van der Waals surface area contributed by atoms with Gasteiger partial charge in [-0.2, -0.15) is 0 Å². The van der Waals surface area contributed by atoms with Gasteiger partial charge in [0.1, 0.15) is 18.0 Å². The highest BCUT2D eigenvalue weighted by atomic mass is 31.1. The van der Waals surface area contributed by atoms with Crippen LogP contribution in [0.4, 0.5) is 11.4 Å². The smallest absolute Gasteiger partial charge is 0.144 e. The molecule has 70 valence electrons. The van der Waals surface area contributed by atoms with Crippen LogP contribution >= 0.6 is 8.73 Å². The van der Waals surface area contributed by atoms with Gasteiger partial charge in [0, 0.05) is 6.54 Å². The van der Waals surface area contributed by atoms with Gasteiger partial charge in [0.15, 0.2) is 0 Å². The van der Waals surface area contributed by atoms with Gasteiger partial charge in [0.05, 0.1) is 5.69 Å². The van der Waals surface area contributed by atoms with Crippen LogP contribution in [-0.4, -0.2) is 19.8 Å². The summed E-state index contributed by atoms with van der Waals surface area (Å²) in [5.74, 6) is 0.953. The summed E-state index contributed by atoms with van der Waals surface area (Å²) >= 11 is 0. The maximum atomic E-state index is 5.51. The molecule has 2 N–H and O–H groups in total. The number of para-hydroxylation sites is 1. The highest BCUT2D eigenvalue weighted by Gasteiger charge is 2.12. The average Bonchev–Trinajstić information content (AvgIpc) is 2.19. The quantitative estimate of drug-likeness (QED) is 0.711. The molecular formula is C9H13N2OP. The molecule has 0 bridgehead atoms. The Bertz CT molecular complexity index is 304. The fraction of sp³-hybridized carbons (Fsp3) is 0.333. The molecule has 0 aromatic heterocycles. The standard InChI is InChI=1S/C9H13N2OP/c1-13-11-7-3-2-4-8-9(7)10-5-6-12-8/h2-4,10-11,13H,5-6H2,1H3. The maximum Gasteiger partial charge on any atom is 0.144 e. The van der Waals surface area contributed by atoms with Gasteiger partial charge in [0.25, 0.3) is 0 Å². The number of hydrogen-bond donors (Lipinski definition) is 2. The molecule has 3 nitrogen and oxygen atoms in total. The fourth-order valence-corrected chi connectivity index (χ4v) is 1.89. The van der Waals surface area contributed by atoms with Gasteiger partial charge in [-0.3, -0.25) is 0 Å². The lowest BCUT2D eigenvalue weighted by atomic mass is 10.2. The first-order valence-corrected chi connectivity index (χ1v) is 5.84. The Morgan fingerprint density at radius 2 is 2.46 bits per heavy atom. The van der Waals surface area contributed by atoms with Crippen molar-refractivity contribution >= 4 is 20.1 Å². The highest BCUT2D eigenvalue weighted by Crippen LogP contribution is 2.35. The summed E-state index contributed by atoms with van der Waals surface area (Å²) in [4.78, 5) is 0. The van der Waals surface area contributed by atoms with Gasteiger partial charge in [-0.1, -0.05) is 6.07 Å². The Morgan fingerprint density at radius 3 is 3.31 bits per heavy atom. The molecule has 1 atom stereocenters. The lowest BCUT2D eigenvalue weighted by molar-refractivity contribution is 0.323. The van der Waals surface area contributed by atoms with Crippen molar-refractivity contribution in [3.05, 3.63) is 18.2 Å². The summed E-state index contributed by atoms with van der Waals surface area (Å²) in [5.41, 5.74) is 2.24. The van der Waals surface area contributed by atoms with Gasteiger partial charge in [-0.25, -0.2) is 0 Å². The van der Waals surface area contributed by atoms with E-state index in [9.17, 15) is 0 Å². The molecule has 0 amide bonds. The van der Waals surface area contributed by atoms with Gasteiger partial charge >= 0.3 is 0 Å². The predicted octanol–water partition coefficient (Wildman–Crippen LogP) is 2.13. The Labute approximate surface area is 79.7 Å². The average molecular weight is 196 g/mol. The predicted molar refractivity (Wildman–Crippen MR) is 58.3 cm³/mol. The molecule has 13 heavy (non-hydrogen) atoms. The molecule has 4 heteroatoms. The topological polar surface area (TPSA) is 33.3 Å². The Hall–Kier alpha value is -0.950. The summed E-state index contributed by atoms with van der Waals surface area (Å²) in [5, 5.41) is 6.65. The van der Waals surface area contributed by atoms with Crippen LogP contribution in [0.3, 0.4) is 0 Å². The third-order valence-electron chi connectivity index (χ3n) is 1.95. The van der Waals surface area contributed by atoms with Crippen molar-refractivity contribution in [3.63, 3.8) is 0 Å². The third kappa shape index (κ3) is 1.70. The minimum Gasteiger partial charge on any atom is -0.490 e. The van der Waals surface area contributed by atoms with Crippen LogP contribution < -0.4 is 15.1 Å². The van der Waals surface area contributed by atoms with Crippen molar-refractivity contribution in [2.75, 3.05) is 30.2 Å². The van der Waals surface area contributed by atoms with Crippen molar-refractivity contribution < 1.29 is 4.74 Å². The minimum absolute atomic E-state index is 0.711. The van der Waals surface area contributed by atoms with E-state index in [-0.39, 0.29) is 0 Å². The summed E-state index contributed by atoms with van der Waals surface area (Å²) in [7, 11) is 0.711. The van der Waals surface area contributed by atoms with Crippen LogP contribution in [0.15, 0.2) is 18.2 Å². The number of anilines is 2. The molecule has 0 fully saturated rings. The molecule has 0 radical (unpaired) electrons. The lowest BCUT2D eigenvalue weighted by Crippen LogP contribution is -2.18. The number of ether oxygens (including phenoxy) is 1. The molecule has 1 aromatic rings. The van der Waals surface area contributed by atoms with E-state index in [0.29, 0.717) is 8.73 Å². The molecule has 2 rings (SSSR count). The first kappa shape index (κ1) is 8.64. The number of hydrogen-bond acceptors (Lipinski definition) is 3. The normalized spacial score (nSPS) is 14.8. The number of nitrogens with one attached hydrogen (secondary N) is 2. The van der Waals surface area contributed by atoms with E-state index in [1.54, 1.807) is 0 Å². The van der Waals surface area contributed by atoms with Crippen molar-refractivity contribution in [1.82, 2.24) is 0 Å². The second kappa shape index (κ2) is 3.84. The second-order valence-electron chi connectivity index (χ2n) is 2.83. The molecule has 1 heterocycles. The van der Waals surface area contributed by atoms with Crippen LogP contribution in [0.1, 0.15) is 0 Å². The molecule has 1 aliphatic rings. The molecule has 0 saturated heterocycles. The van der Waals surface area contributed by atoms with Crippen LogP contribution in [-0.2, 0) is 0 Å². The van der Waals surface area contributed by atoms with Crippen molar-refractivity contribution in [2.24, 2.45) is 0 Å². The number of rotatable bonds is 2. The highest BCUT2D eigenvalue weighted by molar-refractivity contribution is 7.38. The van der Waals surface area contributed by atoms with Crippen LogP contribution in [0, 0.1) is 0 Å². The zero-order chi connectivity index (χ0) is 9.10. The Morgan fingerprint density at radius 1 is 1.54 bits per heavy atom. The van der Waals surface area contributed by atoms with E-state index in [1.165, 1.54) is 0 Å². The van der Waals surface area contributed by atoms with E-state index < -0.39 is 0 Å². The van der Waals surface area contributed by atoms with Crippen molar-refractivity contribution in [3.8, 4) is 5.75 Å². The molecule has 0 saturated carbocycles. The summed E-state index contributed by atoms with van der Waals surface area (Å²) in [6.45, 7) is 3.76. The fourth-order valence-electron chi connectivity index (χ4n) is 1.41. The SMILES string of the molecule is CPNc1cccc2c1NCCO2. The van der Waals surface area contributed by atoms with Gasteiger partial charge in [0.2, 0.25) is 0 Å². The first-order chi connectivity index (χ1) is 6.42. The summed E-state index contributed by atoms with van der Waals surface area (Å²) < 4.78 is 5.51.